The van der Waals surface area contributed by atoms with Gasteiger partial charge in [0.1, 0.15) is 11.6 Å². The lowest BCUT2D eigenvalue weighted by molar-refractivity contribution is -0.155. The largest absolute Gasteiger partial charge is 0.370 e. The third-order valence-electron chi connectivity index (χ3n) is 6.06. The molecule has 3 nitrogen and oxygen atoms in total. The van der Waals surface area contributed by atoms with Crippen molar-refractivity contribution in [3.8, 4) is 0 Å². The first-order chi connectivity index (χ1) is 12.2. The lowest BCUT2D eigenvalue weighted by Crippen LogP contribution is -2.61. The summed E-state index contributed by atoms with van der Waals surface area (Å²) in [5, 5.41) is 3.22. The van der Waals surface area contributed by atoms with Crippen molar-refractivity contribution in [2.45, 2.75) is 71.1 Å². The summed E-state index contributed by atoms with van der Waals surface area (Å²) < 4.78 is 34.0. The van der Waals surface area contributed by atoms with E-state index < -0.39 is 23.3 Å². The molecule has 144 valence electrons. The second kappa shape index (κ2) is 7.26. The Kier molecular flexibility index (Phi) is 5.38. The second-order valence-electron chi connectivity index (χ2n) is 8.62. The van der Waals surface area contributed by atoms with E-state index in [4.69, 9.17) is 4.74 Å². The Morgan fingerprint density at radius 1 is 1.31 bits per heavy atom. The van der Waals surface area contributed by atoms with E-state index in [2.05, 4.69) is 19.2 Å². The minimum Gasteiger partial charge on any atom is -0.370 e. The summed E-state index contributed by atoms with van der Waals surface area (Å²) in [6.45, 7) is 7.99. The number of nitrogens with one attached hydrogen (secondary N) is 1. The highest BCUT2D eigenvalue weighted by Gasteiger charge is 2.49. The summed E-state index contributed by atoms with van der Waals surface area (Å²) in [6, 6.07) is 3.63. The van der Waals surface area contributed by atoms with Crippen LogP contribution in [0.25, 0.3) is 0 Å². The van der Waals surface area contributed by atoms with Gasteiger partial charge in [-0.1, -0.05) is 33.3 Å². The zero-order valence-electron chi connectivity index (χ0n) is 16.0. The SMILES string of the molecule is CC(C)C(=O)N[C@@]1(C)C[C@H](c2ccc(F)cc2F)O[C@@H]2C[C@H](C)CC[C@H]21. The van der Waals surface area contributed by atoms with Crippen molar-refractivity contribution in [1.82, 2.24) is 5.32 Å². The van der Waals surface area contributed by atoms with E-state index in [0.29, 0.717) is 17.9 Å². The van der Waals surface area contributed by atoms with E-state index in [-0.39, 0.29) is 23.8 Å². The molecule has 1 aromatic carbocycles. The minimum atomic E-state index is -0.595. The molecule has 1 aromatic rings. The Balaban J connectivity index is 1.92. The maximum absolute atomic E-state index is 14.4. The average Bonchev–Trinajstić information content (AvgIpc) is 2.53. The smallest absolute Gasteiger partial charge is 0.222 e. The molecule has 1 saturated heterocycles. The Bertz CT molecular complexity index is 678. The van der Waals surface area contributed by atoms with Gasteiger partial charge in [0.15, 0.2) is 0 Å². The molecule has 1 saturated carbocycles. The predicted octanol–water partition coefficient (Wildman–Crippen LogP) is 4.76. The summed E-state index contributed by atoms with van der Waals surface area (Å²) in [6.07, 6.45) is 2.96. The molecule has 1 aliphatic heterocycles. The molecule has 1 amide bonds. The van der Waals surface area contributed by atoms with Gasteiger partial charge in [-0.05, 0) is 31.7 Å². The van der Waals surface area contributed by atoms with Crippen LogP contribution < -0.4 is 5.32 Å². The average molecular weight is 365 g/mol. The molecular weight excluding hydrogens is 336 g/mol. The van der Waals surface area contributed by atoms with Crippen LogP contribution in [0.3, 0.4) is 0 Å². The third kappa shape index (κ3) is 3.78. The molecule has 0 bridgehead atoms. The zero-order chi connectivity index (χ0) is 19.1. The Morgan fingerprint density at radius 2 is 2.04 bits per heavy atom. The van der Waals surface area contributed by atoms with Crippen molar-refractivity contribution in [1.29, 1.82) is 0 Å². The molecule has 5 heteroatoms. The fourth-order valence-electron chi connectivity index (χ4n) is 4.52. The lowest BCUT2D eigenvalue weighted by Gasteiger charge is -2.52. The molecule has 26 heavy (non-hydrogen) atoms. The maximum atomic E-state index is 14.4. The molecule has 1 aliphatic carbocycles. The molecule has 0 aromatic heterocycles. The molecule has 2 aliphatic rings. The molecule has 0 radical (unpaired) electrons. The minimum absolute atomic E-state index is 0.00472. The standard InChI is InChI=1S/C21H29F2NO2/c1-12(2)20(25)24-21(4)11-19(15-7-6-14(22)10-17(15)23)26-18-9-13(3)5-8-16(18)21/h6-7,10,12-13,16,18-19H,5,8-9,11H2,1-4H3,(H,24,25)/t13-,16-,18-,19-,21+/m1/s1. The van der Waals surface area contributed by atoms with Crippen LogP contribution in [-0.2, 0) is 9.53 Å². The molecule has 2 fully saturated rings. The van der Waals surface area contributed by atoms with E-state index in [0.717, 1.165) is 25.3 Å². The van der Waals surface area contributed by atoms with Crippen LogP contribution in [0.5, 0.6) is 0 Å². The monoisotopic (exact) mass is 365 g/mol. The normalized spacial score (nSPS) is 34.4. The molecule has 1 heterocycles. The Labute approximate surface area is 154 Å². The topological polar surface area (TPSA) is 38.3 Å². The van der Waals surface area contributed by atoms with Crippen molar-refractivity contribution < 1.29 is 18.3 Å². The quantitative estimate of drug-likeness (QED) is 0.838. The van der Waals surface area contributed by atoms with Gasteiger partial charge in [-0.25, -0.2) is 8.78 Å². The summed E-state index contributed by atoms with van der Waals surface area (Å²) in [4.78, 5) is 12.4. The van der Waals surface area contributed by atoms with Crippen LogP contribution in [0.1, 0.15) is 65.0 Å². The lowest BCUT2D eigenvalue weighted by atomic mass is 9.66. The van der Waals surface area contributed by atoms with Gasteiger partial charge in [-0.3, -0.25) is 4.79 Å². The predicted molar refractivity (Wildman–Crippen MR) is 96.5 cm³/mol. The van der Waals surface area contributed by atoms with Gasteiger partial charge in [-0.2, -0.15) is 0 Å². The van der Waals surface area contributed by atoms with Gasteiger partial charge in [-0.15, -0.1) is 0 Å². The Morgan fingerprint density at radius 3 is 2.69 bits per heavy atom. The van der Waals surface area contributed by atoms with Crippen molar-refractivity contribution in [3.05, 3.63) is 35.4 Å². The maximum Gasteiger partial charge on any atom is 0.222 e. The first-order valence-electron chi connectivity index (χ1n) is 9.62. The van der Waals surface area contributed by atoms with Gasteiger partial charge >= 0.3 is 0 Å². The number of hydrogen-bond donors (Lipinski definition) is 1. The summed E-state index contributed by atoms with van der Waals surface area (Å²) >= 11 is 0. The number of rotatable bonds is 3. The van der Waals surface area contributed by atoms with E-state index in [9.17, 15) is 13.6 Å². The number of carbonyl (C=O) groups is 1. The van der Waals surface area contributed by atoms with Crippen molar-refractivity contribution in [2.75, 3.05) is 0 Å². The third-order valence-corrected chi connectivity index (χ3v) is 6.06. The molecule has 1 N–H and O–H groups in total. The number of benzene rings is 1. The van der Waals surface area contributed by atoms with E-state index in [1.165, 1.54) is 12.1 Å². The number of hydrogen-bond acceptors (Lipinski definition) is 2. The fourth-order valence-corrected chi connectivity index (χ4v) is 4.52. The highest BCUT2D eigenvalue weighted by molar-refractivity contribution is 5.78. The zero-order valence-corrected chi connectivity index (χ0v) is 16.0. The van der Waals surface area contributed by atoms with Crippen LogP contribution in [0.15, 0.2) is 18.2 Å². The van der Waals surface area contributed by atoms with Crippen LogP contribution in [0.2, 0.25) is 0 Å². The van der Waals surface area contributed by atoms with Gasteiger partial charge in [0.25, 0.3) is 0 Å². The molecule has 0 unspecified atom stereocenters. The first kappa shape index (κ1) is 19.3. The number of ether oxygens (including phenoxy) is 1. The number of fused-ring (bicyclic) bond motifs is 1. The number of carbonyl (C=O) groups excluding carboxylic acids is 1. The highest BCUT2D eigenvalue weighted by Crippen LogP contribution is 2.48. The van der Waals surface area contributed by atoms with Crippen LogP contribution >= 0.6 is 0 Å². The second-order valence-corrected chi connectivity index (χ2v) is 8.62. The highest BCUT2D eigenvalue weighted by atomic mass is 19.1. The van der Waals surface area contributed by atoms with Crippen molar-refractivity contribution in [3.63, 3.8) is 0 Å². The van der Waals surface area contributed by atoms with Gasteiger partial charge in [0, 0.05) is 35.4 Å². The molecule has 5 atom stereocenters. The van der Waals surface area contributed by atoms with E-state index in [1.54, 1.807) is 0 Å². The van der Waals surface area contributed by atoms with Gasteiger partial charge in [0.2, 0.25) is 5.91 Å². The summed E-state index contributed by atoms with van der Waals surface area (Å²) in [5.41, 5.74) is -0.0938. The van der Waals surface area contributed by atoms with Crippen LogP contribution in [-0.4, -0.2) is 17.6 Å². The summed E-state index contributed by atoms with van der Waals surface area (Å²) in [7, 11) is 0. The molecule has 0 spiro atoms. The molecular formula is C21H29F2NO2. The van der Waals surface area contributed by atoms with Crippen LogP contribution in [0, 0.1) is 29.4 Å². The van der Waals surface area contributed by atoms with Crippen LogP contribution in [0.4, 0.5) is 8.78 Å². The Hall–Kier alpha value is -1.49. The fraction of sp³-hybridized carbons (Fsp3) is 0.667. The van der Waals surface area contributed by atoms with Crippen molar-refractivity contribution in [2.24, 2.45) is 17.8 Å². The van der Waals surface area contributed by atoms with E-state index >= 15 is 0 Å². The molecule has 3 rings (SSSR count). The van der Waals surface area contributed by atoms with Gasteiger partial charge < -0.3 is 10.1 Å². The number of amides is 1. The van der Waals surface area contributed by atoms with Gasteiger partial charge in [0.05, 0.1) is 12.2 Å². The van der Waals surface area contributed by atoms with E-state index in [1.807, 2.05) is 13.8 Å². The first-order valence-corrected chi connectivity index (χ1v) is 9.62. The van der Waals surface area contributed by atoms with Crippen molar-refractivity contribution >= 4 is 5.91 Å². The number of halogens is 2. The summed E-state index contributed by atoms with van der Waals surface area (Å²) in [5.74, 6) is -0.544.